The lowest BCUT2D eigenvalue weighted by molar-refractivity contribution is -0.191. The number of aliphatic hydroxyl groups is 4. The fraction of sp³-hybridized carbons (Fsp3) is 0.708. The summed E-state index contributed by atoms with van der Waals surface area (Å²) in [6.45, 7) is 7.11. The average molecular weight is 890 g/mol. The van der Waals surface area contributed by atoms with Gasteiger partial charge in [0.2, 0.25) is 0 Å². The molecule has 6 rings (SSSR count). The lowest BCUT2D eigenvalue weighted by Gasteiger charge is -2.32. The first kappa shape index (κ1) is 50.6. The van der Waals surface area contributed by atoms with Gasteiger partial charge in [-0.25, -0.2) is 0 Å². The number of aromatic hydroxyl groups is 1. The van der Waals surface area contributed by atoms with Crippen molar-refractivity contribution < 1.29 is 49.4 Å². The second-order valence-corrected chi connectivity index (χ2v) is 17.6. The van der Waals surface area contributed by atoms with Crippen LogP contribution < -0.4 is 4.74 Å². The first-order chi connectivity index (χ1) is 28.5. The van der Waals surface area contributed by atoms with Crippen molar-refractivity contribution >= 4 is 28.1 Å². The van der Waals surface area contributed by atoms with Gasteiger partial charge in [0.25, 0.3) is 0 Å². The molecule has 0 heterocycles. The SMILES string of the molecule is CCCCC[C@H](O)CC[C@@H]1[C@H]2Cc3cccc(O)c3C[C@H]2C[C@H]1O.CCCCC[C@H](O)CC[C@@H]1[C@H]2Cc3cccc(OCC)c3C[C@H]2C[C@H]1O.COC(=O)CBr.O=C=O. The molecule has 10 nitrogen and oxygen atoms in total. The molecule has 59 heavy (non-hydrogen) atoms. The van der Waals surface area contributed by atoms with Crippen LogP contribution in [0.3, 0.4) is 0 Å². The summed E-state index contributed by atoms with van der Waals surface area (Å²) in [7, 11) is 1.35. The first-order valence-electron chi connectivity index (χ1n) is 22.3. The fourth-order valence-electron chi connectivity index (χ4n) is 10.3. The van der Waals surface area contributed by atoms with Crippen LogP contribution in [-0.2, 0) is 44.8 Å². The van der Waals surface area contributed by atoms with Crippen LogP contribution in [0.1, 0.15) is 133 Å². The summed E-state index contributed by atoms with van der Waals surface area (Å²) in [5.41, 5.74) is 5.10. The van der Waals surface area contributed by atoms with E-state index in [9.17, 15) is 30.3 Å². The van der Waals surface area contributed by atoms with Gasteiger partial charge in [-0.1, -0.05) is 92.6 Å². The topological polar surface area (TPSA) is 171 Å². The number of alkyl halides is 1. The number of esters is 1. The number of hydrogen-bond donors (Lipinski definition) is 5. The normalized spacial score (nSPS) is 25.6. The standard InChI is InChI=1S/C23H36O3.C21H32O3.C3H5BrO2.CO2/c1-3-5-6-9-18(24)11-12-19-20-13-16-8-7-10-23(26-4-2)21(16)14-17(20)15-22(19)25;1-2-3-4-7-16(22)9-10-17-18-11-14-6-5-8-20(23)19(14)12-15(18)13-21(17)24;1-6-3(5)2-4;2-1-3/h7-8,10,17-20,22,24-25H,3-6,9,11-15H2,1-2H3;5-6,8,15-18,21-24H,2-4,7,9-13H2,1H3;2H2,1H3;/t17-,18-,19+,20-,22+;15-,16-,17+,18-,21+;;/m00../s1. The maximum Gasteiger partial charge on any atom is 0.373 e. The summed E-state index contributed by atoms with van der Waals surface area (Å²) in [6.07, 6.45) is 17.3. The minimum atomic E-state index is -0.251. The van der Waals surface area contributed by atoms with Crippen LogP contribution in [0.4, 0.5) is 0 Å². The van der Waals surface area contributed by atoms with Gasteiger partial charge in [0, 0.05) is 0 Å². The van der Waals surface area contributed by atoms with Crippen LogP contribution in [0.15, 0.2) is 36.4 Å². The van der Waals surface area contributed by atoms with E-state index in [4.69, 9.17) is 14.3 Å². The van der Waals surface area contributed by atoms with Crippen LogP contribution in [0, 0.1) is 35.5 Å². The Morgan fingerprint density at radius 1 is 0.746 bits per heavy atom. The third-order valence-corrected chi connectivity index (χ3v) is 13.8. The van der Waals surface area contributed by atoms with E-state index in [0.717, 1.165) is 101 Å². The first-order valence-corrected chi connectivity index (χ1v) is 23.5. The highest BCUT2D eigenvalue weighted by molar-refractivity contribution is 9.09. The van der Waals surface area contributed by atoms with E-state index in [0.29, 0.717) is 47.9 Å². The Hall–Kier alpha value is -2.79. The predicted octanol–water partition coefficient (Wildman–Crippen LogP) is 8.31. The number of halogens is 1. The molecule has 0 bridgehead atoms. The molecule has 4 aliphatic carbocycles. The maximum atomic E-state index is 10.7. The van der Waals surface area contributed by atoms with Crippen LogP contribution in [-0.4, -0.2) is 81.1 Å². The van der Waals surface area contributed by atoms with Crippen LogP contribution in [0.5, 0.6) is 11.5 Å². The lowest BCUT2D eigenvalue weighted by Crippen LogP contribution is -2.28. The third-order valence-electron chi connectivity index (χ3n) is 13.3. The van der Waals surface area contributed by atoms with Crippen molar-refractivity contribution in [1.29, 1.82) is 0 Å². The molecule has 0 amide bonds. The summed E-state index contributed by atoms with van der Waals surface area (Å²) in [4.78, 5) is 26.2. The van der Waals surface area contributed by atoms with Crippen molar-refractivity contribution in [1.82, 2.24) is 0 Å². The molecule has 0 unspecified atom stereocenters. The summed E-state index contributed by atoms with van der Waals surface area (Å²) >= 11 is 2.90. The molecule has 2 aromatic rings. The Morgan fingerprint density at radius 3 is 1.66 bits per heavy atom. The Bertz CT molecular complexity index is 1540. The number of methoxy groups -OCH3 is 1. The number of aliphatic hydroxyl groups excluding tert-OH is 4. The molecule has 11 heteroatoms. The zero-order valence-corrected chi connectivity index (χ0v) is 37.6. The van der Waals surface area contributed by atoms with Crippen molar-refractivity contribution in [2.24, 2.45) is 35.5 Å². The van der Waals surface area contributed by atoms with Gasteiger partial charge in [-0.3, -0.25) is 4.79 Å². The number of ether oxygens (including phenoxy) is 2. The van der Waals surface area contributed by atoms with Gasteiger partial charge < -0.3 is 35.0 Å². The Morgan fingerprint density at radius 2 is 1.22 bits per heavy atom. The number of carbonyl (C=O) groups is 1. The quantitative estimate of drug-likeness (QED) is 0.0592. The van der Waals surface area contributed by atoms with Gasteiger partial charge in [-0.2, -0.15) is 9.59 Å². The molecule has 2 aromatic carbocycles. The molecule has 2 saturated carbocycles. The minimum Gasteiger partial charge on any atom is -0.508 e. The van der Waals surface area contributed by atoms with E-state index in [-0.39, 0.29) is 41.9 Å². The van der Waals surface area contributed by atoms with Crippen LogP contribution in [0.2, 0.25) is 0 Å². The summed E-state index contributed by atoms with van der Waals surface area (Å²) in [5.74, 6) is 3.92. The van der Waals surface area contributed by atoms with Crippen LogP contribution >= 0.6 is 15.9 Å². The second-order valence-electron chi connectivity index (χ2n) is 17.1. The average Bonchev–Trinajstić information content (AvgIpc) is 3.71. The fourth-order valence-corrected chi connectivity index (χ4v) is 10.5. The summed E-state index contributed by atoms with van der Waals surface area (Å²) in [6, 6.07) is 12.2. The number of phenolic OH excluding ortho intramolecular Hbond substituents is 1. The smallest absolute Gasteiger partial charge is 0.373 e. The van der Waals surface area contributed by atoms with Gasteiger partial charge in [0.05, 0.1) is 38.1 Å². The zero-order chi connectivity index (χ0) is 43.3. The molecule has 10 atom stereocenters. The molecule has 5 N–H and O–H groups in total. The number of fused-ring (bicyclic) bond motifs is 4. The summed E-state index contributed by atoms with van der Waals surface area (Å²) < 4.78 is 10.1. The third kappa shape index (κ3) is 15.6. The number of unbranched alkanes of at least 4 members (excludes halogenated alkanes) is 4. The number of carbonyl (C=O) groups excluding carboxylic acids is 3. The largest absolute Gasteiger partial charge is 0.508 e. The molecule has 2 fully saturated rings. The molecule has 0 radical (unpaired) electrons. The van der Waals surface area contributed by atoms with E-state index < -0.39 is 0 Å². The number of benzene rings is 2. The van der Waals surface area contributed by atoms with E-state index in [1.807, 2.05) is 13.0 Å². The van der Waals surface area contributed by atoms with Gasteiger partial charge >= 0.3 is 12.1 Å². The highest BCUT2D eigenvalue weighted by atomic mass is 79.9. The van der Waals surface area contributed by atoms with E-state index >= 15 is 0 Å². The maximum absolute atomic E-state index is 10.7. The van der Waals surface area contributed by atoms with Crippen molar-refractivity contribution in [2.45, 2.75) is 161 Å². The zero-order valence-electron chi connectivity index (χ0n) is 36.0. The Labute approximate surface area is 361 Å². The molecule has 4 aliphatic rings. The minimum absolute atomic E-state index is 0.201. The lowest BCUT2D eigenvalue weighted by atomic mass is 9.73. The second kappa shape index (κ2) is 27.2. The Balaban J connectivity index is 0.000000263. The summed E-state index contributed by atoms with van der Waals surface area (Å²) in [5, 5.41) is 52.1. The van der Waals surface area contributed by atoms with Crippen molar-refractivity contribution in [3.8, 4) is 11.5 Å². The number of rotatable bonds is 17. The molecule has 0 aromatic heterocycles. The van der Waals surface area contributed by atoms with Gasteiger partial charge in [0.1, 0.15) is 16.8 Å². The highest BCUT2D eigenvalue weighted by Gasteiger charge is 2.46. The highest BCUT2D eigenvalue weighted by Crippen LogP contribution is 2.49. The number of hydrogen-bond acceptors (Lipinski definition) is 10. The van der Waals surface area contributed by atoms with Crippen molar-refractivity contribution in [3.05, 3.63) is 58.7 Å². The van der Waals surface area contributed by atoms with Gasteiger partial charge in [-0.05, 0) is 154 Å². The van der Waals surface area contributed by atoms with Crippen molar-refractivity contribution in [2.75, 3.05) is 19.0 Å². The van der Waals surface area contributed by atoms with Gasteiger partial charge in [0.15, 0.2) is 0 Å². The van der Waals surface area contributed by atoms with E-state index in [1.54, 1.807) is 6.07 Å². The molecule has 0 aliphatic heterocycles. The molecule has 0 spiro atoms. The Kier molecular flexibility index (Phi) is 23.3. The van der Waals surface area contributed by atoms with E-state index in [1.165, 1.54) is 49.5 Å². The molecule has 332 valence electrons. The van der Waals surface area contributed by atoms with Crippen LogP contribution in [0.25, 0.3) is 0 Å². The van der Waals surface area contributed by atoms with E-state index in [2.05, 4.69) is 58.8 Å². The molecular formula is C48H73BrO10. The van der Waals surface area contributed by atoms with Gasteiger partial charge in [-0.15, -0.1) is 0 Å². The molecule has 0 saturated heterocycles. The monoisotopic (exact) mass is 888 g/mol. The number of phenols is 1. The predicted molar refractivity (Wildman–Crippen MR) is 232 cm³/mol. The van der Waals surface area contributed by atoms with Crippen molar-refractivity contribution in [3.63, 3.8) is 0 Å². The molecular weight excluding hydrogens is 816 g/mol.